The molecule has 2 nitrogen and oxygen atoms in total. The van der Waals surface area contributed by atoms with E-state index in [2.05, 4.69) is 47.7 Å². The third-order valence-electron chi connectivity index (χ3n) is 2.60. The summed E-state index contributed by atoms with van der Waals surface area (Å²) in [5, 5.41) is 0. The number of hydrogen-bond acceptors (Lipinski definition) is 3. The Morgan fingerprint density at radius 1 is 1.50 bits per heavy atom. The number of thiophene rings is 1. The van der Waals surface area contributed by atoms with Crippen molar-refractivity contribution in [2.75, 3.05) is 13.3 Å². The fourth-order valence-corrected chi connectivity index (χ4v) is 3.50. The molecule has 0 bridgehead atoms. The van der Waals surface area contributed by atoms with E-state index in [-0.39, 0.29) is 5.60 Å². The van der Waals surface area contributed by atoms with E-state index >= 15 is 0 Å². The van der Waals surface area contributed by atoms with Crippen molar-refractivity contribution in [3.05, 3.63) is 20.3 Å². The molecule has 0 aromatic carbocycles. The summed E-state index contributed by atoms with van der Waals surface area (Å²) in [4.78, 5) is 3.89. The smallest absolute Gasteiger partial charge is 0.1000 e. The summed E-state index contributed by atoms with van der Waals surface area (Å²) in [6, 6.07) is 2.24. The molecule has 2 rings (SSSR count). The zero-order valence-corrected chi connectivity index (χ0v) is 12.4. The fraction of sp³-hybridized carbons (Fsp3) is 0.667. The quantitative estimate of drug-likeness (QED) is 0.827. The number of nitrogens with zero attached hydrogens (tertiary/aromatic N) is 1. The third-order valence-corrected chi connectivity index (χ3v) is 4.34. The summed E-state index contributed by atoms with van der Waals surface area (Å²) in [6.45, 7) is 9.16. The second-order valence-electron chi connectivity index (χ2n) is 5.19. The Labute approximate surface area is 110 Å². The molecule has 1 aromatic heterocycles. The molecule has 1 aromatic rings. The van der Waals surface area contributed by atoms with Gasteiger partial charge in [-0.2, -0.15) is 0 Å². The van der Waals surface area contributed by atoms with Gasteiger partial charge in [0.05, 0.1) is 16.1 Å². The van der Waals surface area contributed by atoms with E-state index in [0.717, 1.165) is 26.2 Å². The highest BCUT2D eigenvalue weighted by atomic mass is 79.9. The van der Waals surface area contributed by atoms with E-state index in [1.54, 1.807) is 0 Å². The Balaban J connectivity index is 1.92. The molecule has 0 atom stereocenters. The first-order valence-corrected chi connectivity index (χ1v) is 7.18. The van der Waals surface area contributed by atoms with Crippen LogP contribution in [0, 0.1) is 0 Å². The molecule has 0 N–H and O–H groups in total. The molecule has 90 valence electrons. The first-order chi connectivity index (χ1) is 7.44. The van der Waals surface area contributed by atoms with Gasteiger partial charge in [0.1, 0.15) is 0 Å². The lowest BCUT2D eigenvalue weighted by Gasteiger charge is -2.30. The Bertz CT molecular complexity index is 370. The minimum absolute atomic E-state index is 0.0461. The number of rotatable bonds is 2. The molecule has 0 fully saturated rings. The predicted octanol–water partition coefficient (Wildman–Crippen LogP) is 3.64. The molecule has 0 saturated carbocycles. The van der Waals surface area contributed by atoms with E-state index in [1.807, 2.05) is 11.3 Å². The van der Waals surface area contributed by atoms with Gasteiger partial charge in [0.2, 0.25) is 0 Å². The summed E-state index contributed by atoms with van der Waals surface area (Å²) in [6.07, 6.45) is 1.15. The summed E-state index contributed by atoms with van der Waals surface area (Å²) < 4.78 is 7.05. The molecule has 0 amide bonds. The molecule has 0 unspecified atom stereocenters. The van der Waals surface area contributed by atoms with Crippen LogP contribution in [0.2, 0.25) is 0 Å². The van der Waals surface area contributed by atoms with Gasteiger partial charge in [-0.25, -0.2) is 0 Å². The zero-order valence-electron chi connectivity index (χ0n) is 10.0. The third kappa shape index (κ3) is 3.29. The lowest BCUT2D eigenvalue weighted by atomic mass is 10.1. The van der Waals surface area contributed by atoms with Crippen molar-refractivity contribution in [2.24, 2.45) is 0 Å². The van der Waals surface area contributed by atoms with Crippen LogP contribution >= 0.6 is 27.3 Å². The van der Waals surface area contributed by atoms with Gasteiger partial charge in [-0.3, -0.25) is 4.90 Å². The monoisotopic (exact) mass is 303 g/mol. The van der Waals surface area contributed by atoms with Crippen molar-refractivity contribution in [1.82, 2.24) is 4.90 Å². The highest BCUT2D eigenvalue weighted by molar-refractivity contribution is 9.11. The van der Waals surface area contributed by atoms with Crippen LogP contribution in [0.3, 0.4) is 0 Å². The molecular formula is C12H18BrNOS. The largest absolute Gasteiger partial charge is 0.360 e. The van der Waals surface area contributed by atoms with Crippen molar-refractivity contribution in [1.29, 1.82) is 0 Å². The first-order valence-electron chi connectivity index (χ1n) is 5.57. The highest BCUT2D eigenvalue weighted by Crippen LogP contribution is 2.31. The van der Waals surface area contributed by atoms with Crippen LogP contribution in [0.4, 0.5) is 0 Å². The Hall–Kier alpha value is 0.100. The van der Waals surface area contributed by atoms with Gasteiger partial charge < -0.3 is 4.74 Å². The van der Waals surface area contributed by atoms with E-state index in [4.69, 9.17) is 4.74 Å². The van der Waals surface area contributed by atoms with Gasteiger partial charge in [0, 0.05) is 18.0 Å². The van der Waals surface area contributed by atoms with E-state index < -0.39 is 0 Å². The van der Waals surface area contributed by atoms with E-state index in [1.165, 1.54) is 14.2 Å². The van der Waals surface area contributed by atoms with Gasteiger partial charge in [-0.05, 0) is 54.8 Å². The van der Waals surface area contributed by atoms with Crippen molar-refractivity contribution < 1.29 is 4.74 Å². The molecule has 1 aliphatic rings. The Morgan fingerprint density at radius 3 is 2.94 bits per heavy atom. The summed E-state index contributed by atoms with van der Waals surface area (Å²) in [5.41, 5.74) is 1.41. The van der Waals surface area contributed by atoms with Crippen LogP contribution in [0.1, 0.15) is 31.2 Å². The fourth-order valence-electron chi connectivity index (χ4n) is 1.75. The Morgan fingerprint density at radius 2 is 2.25 bits per heavy atom. The summed E-state index contributed by atoms with van der Waals surface area (Å²) in [5.74, 6) is 0. The lowest BCUT2D eigenvalue weighted by Crippen LogP contribution is -2.35. The van der Waals surface area contributed by atoms with Crippen LogP contribution < -0.4 is 0 Å². The van der Waals surface area contributed by atoms with Gasteiger partial charge in [-0.15, -0.1) is 11.3 Å². The van der Waals surface area contributed by atoms with Crippen LogP contribution in [0.5, 0.6) is 0 Å². The van der Waals surface area contributed by atoms with Gasteiger partial charge in [0.15, 0.2) is 0 Å². The van der Waals surface area contributed by atoms with Crippen molar-refractivity contribution in [3.63, 3.8) is 0 Å². The maximum absolute atomic E-state index is 5.81. The minimum atomic E-state index is -0.0461. The Kier molecular flexibility index (Phi) is 3.74. The average Bonchev–Trinajstić information content (AvgIpc) is 2.52. The maximum Gasteiger partial charge on any atom is 0.1000 e. The maximum atomic E-state index is 5.81. The molecule has 16 heavy (non-hydrogen) atoms. The molecule has 0 spiro atoms. The van der Waals surface area contributed by atoms with Crippen LogP contribution in [0.15, 0.2) is 9.85 Å². The minimum Gasteiger partial charge on any atom is -0.360 e. The topological polar surface area (TPSA) is 12.5 Å². The molecule has 2 heterocycles. The predicted molar refractivity (Wildman–Crippen MR) is 71.8 cm³/mol. The second kappa shape index (κ2) is 4.77. The normalized spacial score (nSPS) is 17.5. The van der Waals surface area contributed by atoms with Gasteiger partial charge in [0.25, 0.3) is 0 Å². The molecule has 4 heteroatoms. The number of halogens is 1. The lowest BCUT2D eigenvalue weighted by molar-refractivity contribution is -0.0672. The van der Waals surface area contributed by atoms with Crippen LogP contribution in [0.25, 0.3) is 0 Å². The van der Waals surface area contributed by atoms with Crippen molar-refractivity contribution in [2.45, 2.75) is 39.3 Å². The molecule has 0 aliphatic carbocycles. The van der Waals surface area contributed by atoms with Gasteiger partial charge in [-0.1, -0.05) is 0 Å². The number of fused-ring (bicyclic) bond motifs is 1. The summed E-state index contributed by atoms with van der Waals surface area (Å²) in [7, 11) is 0. The van der Waals surface area contributed by atoms with Gasteiger partial charge >= 0.3 is 0 Å². The SMILES string of the molecule is CC(C)(C)OCN1CCc2sc(Br)cc2C1. The average molecular weight is 304 g/mol. The molecule has 0 saturated heterocycles. The number of hydrogen-bond donors (Lipinski definition) is 0. The van der Waals surface area contributed by atoms with E-state index in [0.29, 0.717) is 0 Å². The first kappa shape index (κ1) is 12.6. The highest BCUT2D eigenvalue weighted by Gasteiger charge is 2.20. The van der Waals surface area contributed by atoms with Crippen LogP contribution in [-0.4, -0.2) is 23.8 Å². The molecular weight excluding hydrogens is 286 g/mol. The van der Waals surface area contributed by atoms with Crippen LogP contribution in [-0.2, 0) is 17.7 Å². The molecule has 1 aliphatic heterocycles. The van der Waals surface area contributed by atoms with E-state index in [9.17, 15) is 0 Å². The number of ether oxygens (including phenoxy) is 1. The molecule has 0 radical (unpaired) electrons. The summed E-state index contributed by atoms with van der Waals surface area (Å²) >= 11 is 5.42. The van der Waals surface area contributed by atoms with Crippen molar-refractivity contribution in [3.8, 4) is 0 Å². The van der Waals surface area contributed by atoms with Crippen molar-refractivity contribution >= 4 is 27.3 Å². The standard InChI is InChI=1S/C12H18BrNOS/c1-12(2,3)15-8-14-5-4-10-9(7-14)6-11(13)16-10/h6H,4-5,7-8H2,1-3H3. The zero-order chi connectivity index (χ0) is 11.8. The second-order valence-corrected chi connectivity index (χ2v) is 7.70.